The van der Waals surface area contributed by atoms with Gasteiger partial charge in [0.25, 0.3) is 0 Å². The standard InChI is InChI=1S/C18H26F2N2O4S/c1-12(2)27(24,25)14-7-6-13(15(19)16(14)20)21-8-10-22(11-9-21)17(23)26-18(3,4)5/h6-7,12H,8-11H2,1-5H3. The van der Waals surface area contributed by atoms with Crippen LogP contribution in [0, 0.1) is 11.6 Å². The van der Waals surface area contributed by atoms with Gasteiger partial charge in [0, 0.05) is 26.2 Å². The first-order chi connectivity index (χ1) is 12.3. The van der Waals surface area contributed by atoms with E-state index in [4.69, 9.17) is 4.74 Å². The number of sulfone groups is 1. The van der Waals surface area contributed by atoms with Gasteiger partial charge in [-0.15, -0.1) is 0 Å². The quantitative estimate of drug-likeness (QED) is 0.774. The van der Waals surface area contributed by atoms with Crippen LogP contribution in [0.1, 0.15) is 34.6 Å². The van der Waals surface area contributed by atoms with Gasteiger partial charge < -0.3 is 14.5 Å². The molecule has 1 amide bonds. The summed E-state index contributed by atoms with van der Waals surface area (Å²) in [6, 6.07) is 2.38. The summed E-state index contributed by atoms with van der Waals surface area (Å²) in [6.07, 6.45) is -0.452. The third kappa shape index (κ3) is 4.69. The van der Waals surface area contributed by atoms with Crippen molar-refractivity contribution in [3.05, 3.63) is 23.8 Å². The molecule has 0 unspecified atom stereocenters. The van der Waals surface area contributed by atoms with E-state index in [1.807, 2.05) is 0 Å². The normalized spacial score (nSPS) is 16.0. The fourth-order valence-corrected chi connectivity index (χ4v) is 3.80. The highest BCUT2D eigenvalue weighted by atomic mass is 32.2. The molecule has 1 fully saturated rings. The van der Waals surface area contributed by atoms with E-state index < -0.39 is 43.3 Å². The van der Waals surface area contributed by atoms with Crippen molar-refractivity contribution in [3.8, 4) is 0 Å². The Hall–Kier alpha value is -1.90. The Morgan fingerprint density at radius 1 is 1.07 bits per heavy atom. The fourth-order valence-electron chi connectivity index (χ4n) is 2.70. The third-order valence-corrected chi connectivity index (χ3v) is 6.40. The zero-order valence-electron chi connectivity index (χ0n) is 16.3. The van der Waals surface area contributed by atoms with Crippen LogP contribution in [0.5, 0.6) is 0 Å². The molecule has 0 saturated carbocycles. The van der Waals surface area contributed by atoms with E-state index in [9.17, 15) is 22.0 Å². The third-order valence-electron chi connectivity index (χ3n) is 4.23. The topological polar surface area (TPSA) is 66.9 Å². The SMILES string of the molecule is CC(C)S(=O)(=O)c1ccc(N2CCN(C(=O)OC(C)(C)C)CC2)c(F)c1F. The average molecular weight is 404 g/mol. The van der Waals surface area contributed by atoms with E-state index in [2.05, 4.69) is 0 Å². The first-order valence-electron chi connectivity index (χ1n) is 8.79. The van der Waals surface area contributed by atoms with Gasteiger partial charge in [-0.1, -0.05) is 0 Å². The summed E-state index contributed by atoms with van der Waals surface area (Å²) in [5.41, 5.74) is -0.625. The Morgan fingerprint density at radius 3 is 2.11 bits per heavy atom. The molecular weight excluding hydrogens is 378 g/mol. The molecule has 0 aromatic heterocycles. The monoisotopic (exact) mass is 404 g/mol. The predicted molar refractivity (Wildman–Crippen MR) is 98.7 cm³/mol. The zero-order chi connectivity index (χ0) is 20.6. The molecule has 0 spiro atoms. The number of piperazine rings is 1. The molecule has 0 atom stereocenters. The smallest absolute Gasteiger partial charge is 0.410 e. The van der Waals surface area contributed by atoms with Gasteiger partial charge in [0.2, 0.25) is 0 Å². The van der Waals surface area contributed by atoms with Crippen molar-refractivity contribution in [3.63, 3.8) is 0 Å². The van der Waals surface area contributed by atoms with Gasteiger partial charge in [-0.25, -0.2) is 22.0 Å². The molecule has 2 rings (SSSR count). The molecule has 1 aliphatic heterocycles. The van der Waals surface area contributed by atoms with Gasteiger partial charge in [-0.3, -0.25) is 0 Å². The highest BCUT2D eigenvalue weighted by Crippen LogP contribution is 2.29. The van der Waals surface area contributed by atoms with Crippen LogP contribution in [0.3, 0.4) is 0 Å². The van der Waals surface area contributed by atoms with E-state index in [-0.39, 0.29) is 18.8 Å². The number of nitrogens with zero attached hydrogens (tertiary/aromatic N) is 2. The van der Waals surface area contributed by atoms with Crippen LogP contribution in [-0.2, 0) is 14.6 Å². The lowest BCUT2D eigenvalue weighted by Gasteiger charge is -2.36. The Labute approximate surface area is 159 Å². The lowest BCUT2D eigenvalue weighted by atomic mass is 10.2. The molecule has 0 radical (unpaired) electrons. The summed E-state index contributed by atoms with van der Waals surface area (Å²) in [6.45, 7) is 9.29. The second-order valence-electron chi connectivity index (χ2n) is 7.76. The molecular formula is C18H26F2N2O4S. The van der Waals surface area contributed by atoms with E-state index in [0.717, 1.165) is 6.07 Å². The van der Waals surface area contributed by atoms with Crippen LogP contribution < -0.4 is 4.90 Å². The summed E-state index contributed by atoms with van der Waals surface area (Å²) in [5.74, 6) is -2.56. The predicted octanol–water partition coefficient (Wildman–Crippen LogP) is 3.20. The maximum Gasteiger partial charge on any atom is 0.410 e. The molecule has 1 aromatic carbocycles. The van der Waals surface area contributed by atoms with Crippen LogP contribution in [0.25, 0.3) is 0 Å². The maximum atomic E-state index is 14.5. The fraction of sp³-hybridized carbons (Fsp3) is 0.611. The first-order valence-corrected chi connectivity index (χ1v) is 10.3. The minimum atomic E-state index is -3.92. The average Bonchev–Trinajstić information content (AvgIpc) is 2.55. The number of rotatable bonds is 3. The van der Waals surface area contributed by atoms with Gasteiger partial charge in [-0.2, -0.15) is 0 Å². The number of anilines is 1. The summed E-state index contributed by atoms with van der Waals surface area (Å²) in [5, 5.41) is -0.852. The lowest BCUT2D eigenvalue weighted by molar-refractivity contribution is 0.0240. The van der Waals surface area contributed by atoms with E-state index >= 15 is 0 Å². The van der Waals surface area contributed by atoms with Gasteiger partial charge in [0.15, 0.2) is 21.5 Å². The Kier molecular flexibility index (Phi) is 6.03. The van der Waals surface area contributed by atoms with E-state index in [0.29, 0.717) is 13.1 Å². The largest absolute Gasteiger partial charge is 0.444 e. The number of ether oxygens (including phenoxy) is 1. The van der Waals surface area contributed by atoms with E-state index in [1.54, 1.807) is 25.7 Å². The second-order valence-corrected chi connectivity index (χ2v) is 10.2. The van der Waals surface area contributed by atoms with Crippen molar-refractivity contribution in [2.75, 3.05) is 31.1 Å². The van der Waals surface area contributed by atoms with Crippen molar-refractivity contribution < 1.29 is 26.7 Å². The molecule has 1 saturated heterocycles. The lowest BCUT2D eigenvalue weighted by Crippen LogP contribution is -2.50. The molecule has 1 aliphatic rings. The molecule has 1 aromatic rings. The molecule has 27 heavy (non-hydrogen) atoms. The number of hydrogen-bond donors (Lipinski definition) is 0. The minimum absolute atomic E-state index is 0.0148. The molecule has 0 aliphatic carbocycles. The van der Waals surface area contributed by atoms with Crippen LogP contribution >= 0.6 is 0 Å². The van der Waals surface area contributed by atoms with Crippen LogP contribution in [-0.4, -0.2) is 56.4 Å². The van der Waals surface area contributed by atoms with Gasteiger partial charge in [0.1, 0.15) is 10.5 Å². The van der Waals surface area contributed by atoms with Crippen molar-refractivity contribution in [1.82, 2.24) is 4.90 Å². The zero-order valence-corrected chi connectivity index (χ0v) is 17.1. The van der Waals surface area contributed by atoms with Crippen LogP contribution in [0.4, 0.5) is 19.3 Å². The van der Waals surface area contributed by atoms with Crippen molar-refractivity contribution in [2.24, 2.45) is 0 Å². The van der Waals surface area contributed by atoms with Gasteiger partial charge in [0.05, 0.1) is 10.9 Å². The van der Waals surface area contributed by atoms with Crippen LogP contribution in [0.2, 0.25) is 0 Å². The number of carbonyl (C=O) groups is 1. The number of carbonyl (C=O) groups excluding carboxylic acids is 1. The number of amides is 1. The Bertz CT molecular complexity index is 811. The minimum Gasteiger partial charge on any atom is -0.444 e. The molecule has 1 heterocycles. The molecule has 0 bridgehead atoms. The van der Waals surface area contributed by atoms with Gasteiger partial charge in [-0.05, 0) is 46.8 Å². The molecule has 152 valence electrons. The van der Waals surface area contributed by atoms with Crippen molar-refractivity contribution >= 4 is 21.6 Å². The molecule has 0 N–H and O–H groups in total. The highest BCUT2D eigenvalue weighted by Gasteiger charge is 2.30. The molecule has 9 heteroatoms. The summed E-state index contributed by atoms with van der Waals surface area (Å²) < 4.78 is 58.5. The maximum absolute atomic E-state index is 14.5. The van der Waals surface area contributed by atoms with E-state index in [1.165, 1.54) is 24.8 Å². The molecule has 6 nitrogen and oxygen atoms in total. The van der Waals surface area contributed by atoms with Gasteiger partial charge >= 0.3 is 6.09 Å². The highest BCUT2D eigenvalue weighted by molar-refractivity contribution is 7.92. The number of halogens is 2. The summed E-state index contributed by atoms with van der Waals surface area (Å²) in [7, 11) is -3.92. The van der Waals surface area contributed by atoms with Crippen molar-refractivity contribution in [1.29, 1.82) is 0 Å². The summed E-state index contributed by atoms with van der Waals surface area (Å²) in [4.78, 5) is 14.5. The first kappa shape index (κ1) is 21.4. The Morgan fingerprint density at radius 2 is 1.63 bits per heavy atom. The second kappa shape index (κ2) is 7.61. The Balaban J connectivity index is 2.15. The van der Waals surface area contributed by atoms with Crippen molar-refractivity contribution in [2.45, 2.75) is 50.4 Å². The van der Waals surface area contributed by atoms with Crippen LogP contribution in [0.15, 0.2) is 17.0 Å². The summed E-state index contributed by atoms with van der Waals surface area (Å²) >= 11 is 0. The number of benzene rings is 1. The number of hydrogen-bond acceptors (Lipinski definition) is 5.